The standard InChI is InChI=1S/C12H19N3O4S/c1-4-19-12(16)8-15(9(2)3)11-6-5-10(7-14-11)20(13,17)18/h5-7,9H,4,8H2,1-3H3,(H2,13,17,18). The Morgan fingerprint density at radius 3 is 2.50 bits per heavy atom. The second-order valence-corrected chi connectivity index (χ2v) is 5.99. The van der Waals surface area contributed by atoms with Crippen LogP contribution in [0.2, 0.25) is 0 Å². The molecule has 0 amide bonds. The SMILES string of the molecule is CCOC(=O)CN(c1ccc(S(N)(=O)=O)cn1)C(C)C. The number of hydrogen-bond acceptors (Lipinski definition) is 6. The van der Waals surface area contributed by atoms with Crippen LogP contribution in [0, 0.1) is 0 Å². The molecular formula is C12H19N3O4S. The highest BCUT2D eigenvalue weighted by atomic mass is 32.2. The van der Waals surface area contributed by atoms with Crippen molar-refractivity contribution in [2.75, 3.05) is 18.1 Å². The third kappa shape index (κ3) is 4.46. The second-order valence-electron chi connectivity index (χ2n) is 4.42. The lowest BCUT2D eigenvalue weighted by Gasteiger charge is -2.26. The fourth-order valence-electron chi connectivity index (χ4n) is 1.58. The first kappa shape index (κ1) is 16.4. The molecule has 0 atom stereocenters. The quantitative estimate of drug-likeness (QED) is 0.768. The number of carbonyl (C=O) groups excluding carboxylic acids is 1. The zero-order chi connectivity index (χ0) is 15.3. The van der Waals surface area contributed by atoms with E-state index in [1.807, 2.05) is 13.8 Å². The van der Waals surface area contributed by atoms with Crippen molar-refractivity contribution >= 4 is 21.8 Å². The summed E-state index contributed by atoms with van der Waals surface area (Å²) >= 11 is 0. The van der Waals surface area contributed by atoms with Crippen LogP contribution in [0.5, 0.6) is 0 Å². The predicted molar refractivity (Wildman–Crippen MR) is 74.7 cm³/mol. The van der Waals surface area contributed by atoms with Crippen molar-refractivity contribution in [2.24, 2.45) is 5.14 Å². The Bertz CT molecular complexity index is 555. The summed E-state index contributed by atoms with van der Waals surface area (Å²) in [6, 6.07) is 2.88. The maximum Gasteiger partial charge on any atom is 0.325 e. The van der Waals surface area contributed by atoms with E-state index in [0.29, 0.717) is 12.4 Å². The monoisotopic (exact) mass is 301 g/mol. The largest absolute Gasteiger partial charge is 0.465 e. The molecule has 7 nitrogen and oxygen atoms in total. The average Bonchev–Trinajstić information content (AvgIpc) is 2.35. The molecule has 0 spiro atoms. The molecule has 1 aromatic rings. The lowest BCUT2D eigenvalue weighted by atomic mass is 10.3. The first-order valence-electron chi connectivity index (χ1n) is 6.16. The lowest BCUT2D eigenvalue weighted by Crippen LogP contribution is -2.37. The van der Waals surface area contributed by atoms with Crippen LogP contribution < -0.4 is 10.0 Å². The number of nitrogens with zero attached hydrogens (tertiary/aromatic N) is 2. The van der Waals surface area contributed by atoms with E-state index in [1.54, 1.807) is 11.8 Å². The van der Waals surface area contributed by atoms with E-state index in [2.05, 4.69) is 4.98 Å². The molecule has 0 aliphatic heterocycles. The number of rotatable bonds is 6. The summed E-state index contributed by atoms with van der Waals surface area (Å²) in [4.78, 5) is 17.2. The third-order valence-electron chi connectivity index (χ3n) is 2.57. The van der Waals surface area contributed by atoms with Gasteiger partial charge < -0.3 is 9.64 Å². The van der Waals surface area contributed by atoms with Crippen molar-refractivity contribution in [3.63, 3.8) is 0 Å². The summed E-state index contributed by atoms with van der Waals surface area (Å²) in [6.45, 7) is 5.88. The number of anilines is 1. The number of aromatic nitrogens is 1. The molecule has 0 saturated carbocycles. The number of hydrogen-bond donors (Lipinski definition) is 1. The number of pyridine rings is 1. The summed E-state index contributed by atoms with van der Waals surface area (Å²) in [6.07, 6.45) is 1.17. The highest BCUT2D eigenvalue weighted by molar-refractivity contribution is 7.89. The molecule has 0 unspecified atom stereocenters. The van der Waals surface area contributed by atoms with Crippen molar-refractivity contribution in [3.8, 4) is 0 Å². The van der Waals surface area contributed by atoms with Gasteiger partial charge in [-0.25, -0.2) is 18.5 Å². The molecule has 20 heavy (non-hydrogen) atoms. The number of sulfonamides is 1. The average molecular weight is 301 g/mol. The number of ether oxygens (including phenoxy) is 1. The molecule has 0 aliphatic rings. The van der Waals surface area contributed by atoms with E-state index < -0.39 is 10.0 Å². The van der Waals surface area contributed by atoms with Crippen LogP contribution in [0.1, 0.15) is 20.8 Å². The molecule has 0 aromatic carbocycles. The van der Waals surface area contributed by atoms with Crippen LogP contribution in [0.15, 0.2) is 23.2 Å². The Balaban J connectivity index is 2.96. The van der Waals surface area contributed by atoms with Gasteiger partial charge in [0.25, 0.3) is 0 Å². The molecule has 1 heterocycles. The minimum absolute atomic E-state index is 0.00670. The molecule has 0 bridgehead atoms. The van der Waals surface area contributed by atoms with Gasteiger partial charge in [-0.15, -0.1) is 0 Å². The van der Waals surface area contributed by atoms with E-state index in [1.165, 1.54) is 18.3 Å². The highest BCUT2D eigenvalue weighted by Gasteiger charge is 2.17. The van der Waals surface area contributed by atoms with Crippen molar-refractivity contribution < 1.29 is 17.9 Å². The molecular weight excluding hydrogens is 282 g/mol. The summed E-state index contributed by atoms with van der Waals surface area (Å²) in [5.74, 6) is 0.124. The van der Waals surface area contributed by atoms with Gasteiger partial charge in [0.1, 0.15) is 17.3 Å². The van der Waals surface area contributed by atoms with Crippen LogP contribution in [0.25, 0.3) is 0 Å². The van der Waals surface area contributed by atoms with Crippen LogP contribution in [-0.4, -0.2) is 38.6 Å². The molecule has 112 valence electrons. The van der Waals surface area contributed by atoms with Crippen molar-refractivity contribution in [1.82, 2.24) is 4.98 Å². The summed E-state index contributed by atoms with van der Waals surface area (Å²) in [7, 11) is -3.77. The van der Waals surface area contributed by atoms with Gasteiger partial charge in [0, 0.05) is 12.2 Å². The van der Waals surface area contributed by atoms with Gasteiger partial charge in [-0.05, 0) is 32.9 Å². The van der Waals surface area contributed by atoms with Crippen molar-refractivity contribution in [3.05, 3.63) is 18.3 Å². The van der Waals surface area contributed by atoms with Gasteiger partial charge in [0.15, 0.2) is 0 Å². The Morgan fingerprint density at radius 2 is 2.10 bits per heavy atom. The number of carbonyl (C=O) groups is 1. The van der Waals surface area contributed by atoms with Crippen LogP contribution in [0.4, 0.5) is 5.82 Å². The number of esters is 1. The molecule has 0 saturated heterocycles. The van der Waals surface area contributed by atoms with Crippen LogP contribution in [0.3, 0.4) is 0 Å². The third-order valence-corrected chi connectivity index (χ3v) is 3.47. The Labute approximate surface area is 118 Å². The Kier molecular flexibility index (Phi) is 5.46. The summed E-state index contributed by atoms with van der Waals surface area (Å²) in [5, 5.41) is 5.01. The molecule has 0 aliphatic carbocycles. The summed E-state index contributed by atoms with van der Waals surface area (Å²) in [5.41, 5.74) is 0. The Morgan fingerprint density at radius 1 is 1.45 bits per heavy atom. The van der Waals surface area contributed by atoms with Gasteiger partial charge in [-0.1, -0.05) is 0 Å². The van der Waals surface area contributed by atoms with Crippen LogP contribution in [-0.2, 0) is 19.6 Å². The fraction of sp³-hybridized carbons (Fsp3) is 0.500. The minimum atomic E-state index is -3.77. The maximum absolute atomic E-state index is 11.5. The Hall–Kier alpha value is -1.67. The highest BCUT2D eigenvalue weighted by Crippen LogP contribution is 2.16. The normalized spacial score (nSPS) is 11.4. The second kappa shape index (κ2) is 6.67. The van der Waals surface area contributed by atoms with E-state index in [-0.39, 0.29) is 23.5 Å². The van der Waals surface area contributed by atoms with Crippen molar-refractivity contribution in [1.29, 1.82) is 0 Å². The maximum atomic E-state index is 11.5. The van der Waals surface area contributed by atoms with E-state index in [0.717, 1.165) is 0 Å². The number of primary sulfonamides is 1. The van der Waals surface area contributed by atoms with Gasteiger partial charge in [-0.3, -0.25) is 4.79 Å². The first-order valence-corrected chi connectivity index (χ1v) is 7.71. The molecule has 8 heteroatoms. The lowest BCUT2D eigenvalue weighted by molar-refractivity contribution is -0.141. The molecule has 2 N–H and O–H groups in total. The molecule has 1 aromatic heterocycles. The zero-order valence-electron chi connectivity index (χ0n) is 11.7. The van der Waals surface area contributed by atoms with Crippen molar-refractivity contribution in [2.45, 2.75) is 31.7 Å². The van der Waals surface area contributed by atoms with E-state index in [4.69, 9.17) is 9.88 Å². The first-order chi connectivity index (χ1) is 9.25. The molecule has 1 rings (SSSR count). The van der Waals surface area contributed by atoms with Gasteiger partial charge in [0.2, 0.25) is 10.0 Å². The van der Waals surface area contributed by atoms with Gasteiger partial charge >= 0.3 is 5.97 Å². The smallest absolute Gasteiger partial charge is 0.325 e. The molecule has 0 radical (unpaired) electrons. The predicted octanol–water partition coefficient (Wildman–Crippen LogP) is 0.507. The van der Waals surface area contributed by atoms with E-state index >= 15 is 0 Å². The topological polar surface area (TPSA) is 103 Å². The van der Waals surface area contributed by atoms with E-state index in [9.17, 15) is 13.2 Å². The summed E-state index contributed by atoms with van der Waals surface area (Å²) < 4.78 is 27.2. The fourth-order valence-corrected chi connectivity index (χ4v) is 2.04. The number of nitrogens with two attached hydrogens (primary N) is 1. The zero-order valence-corrected chi connectivity index (χ0v) is 12.6. The minimum Gasteiger partial charge on any atom is -0.465 e. The van der Waals surface area contributed by atoms with Crippen LogP contribution >= 0.6 is 0 Å². The van der Waals surface area contributed by atoms with Gasteiger partial charge in [0.05, 0.1) is 6.61 Å². The van der Waals surface area contributed by atoms with Gasteiger partial charge in [-0.2, -0.15) is 0 Å². The molecule has 0 fully saturated rings.